The smallest absolute Gasteiger partial charge is 0.293 e. The summed E-state index contributed by atoms with van der Waals surface area (Å²) in [6.07, 6.45) is 3.69. The van der Waals surface area contributed by atoms with Gasteiger partial charge in [-0.05, 0) is 69.9 Å². The molecule has 1 fully saturated rings. The van der Waals surface area contributed by atoms with Crippen LogP contribution in [-0.2, 0) is 4.79 Å². The molecule has 0 spiro atoms. The van der Waals surface area contributed by atoms with E-state index < -0.39 is 5.91 Å². The quantitative estimate of drug-likeness (QED) is 0.506. The van der Waals surface area contributed by atoms with E-state index in [1.807, 2.05) is 30.5 Å². The number of hydrogen-bond donors (Lipinski definition) is 1. The van der Waals surface area contributed by atoms with Crippen LogP contribution < -0.4 is 5.32 Å². The van der Waals surface area contributed by atoms with Crippen molar-refractivity contribution in [2.45, 2.75) is 4.90 Å². The highest BCUT2D eigenvalue weighted by atomic mass is 79.9. The summed E-state index contributed by atoms with van der Waals surface area (Å²) in [6, 6.07) is 10.9. The summed E-state index contributed by atoms with van der Waals surface area (Å²) in [5.74, 6) is -0.601. The van der Waals surface area contributed by atoms with Crippen LogP contribution in [0.5, 0.6) is 0 Å². The molecule has 1 aromatic heterocycles. The van der Waals surface area contributed by atoms with Crippen molar-refractivity contribution >= 4 is 62.6 Å². The molecule has 6 nitrogen and oxygen atoms in total. The fourth-order valence-corrected chi connectivity index (χ4v) is 3.93. The van der Waals surface area contributed by atoms with Crippen molar-refractivity contribution < 1.29 is 18.8 Å². The predicted molar refractivity (Wildman–Crippen MR) is 110 cm³/mol. The summed E-state index contributed by atoms with van der Waals surface area (Å²) in [7, 11) is 0. The molecule has 3 rings (SSSR count). The van der Waals surface area contributed by atoms with Crippen molar-refractivity contribution in [3.8, 4) is 0 Å². The Bertz CT molecular complexity index is 908. The van der Waals surface area contributed by atoms with Gasteiger partial charge >= 0.3 is 0 Å². The Morgan fingerprint density at radius 1 is 1.26 bits per heavy atom. The van der Waals surface area contributed by atoms with Crippen molar-refractivity contribution in [2.75, 3.05) is 19.3 Å². The Morgan fingerprint density at radius 3 is 2.63 bits per heavy atom. The number of benzene rings is 1. The SMILES string of the molecule is CSc1ccc(/C=C2\SC(=O)N(CCNC(=O)c3ccc(Br)o3)C2=O)cc1. The Morgan fingerprint density at radius 2 is 2.00 bits per heavy atom. The first-order valence-corrected chi connectivity index (χ1v) is 10.7. The minimum absolute atomic E-state index is 0.0983. The average molecular weight is 467 g/mol. The van der Waals surface area contributed by atoms with E-state index in [0.717, 1.165) is 27.1 Å². The number of furan rings is 1. The Kier molecular flexibility index (Phi) is 6.46. The number of carbonyl (C=O) groups is 3. The zero-order valence-electron chi connectivity index (χ0n) is 14.2. The lowest BCUT2D eigenvalue weighted by atomic mass is 10.2. The van der Waals surface area contributed by atoms with Crippen molar-refractivity contribution in [1.29, 1.82) is 0 Å². The fourth-order valence-electron chi connectivity index (χ4n) is 2.35. The van der Waals surface area contributed by atoms with Gasteiger partial charge in [-0.25, -0.2) is 0 Å². The summed E-state index contributed by atoms with van der Waals surface area (Å²) in [5.41, 5.74) is 0.856. The van der Waals surface area contributed by atoms with Gasteiger partial charge in [-0.3, -0.25) is 19.3 Å². The van der Waals surface area contributed by atoms with Gasteiger partial charge < -0.3 is 9.73 Å². The third-order valence-electron chi connectivity index (χ3n) is 3.71. The van der Waals surface area contributed by atoms with Gasteiger partial charge in [0.25, 0.3) is 17.1 Å². The number of imide groups is 1. The van der Waals surface area contributed by atoms with Gasteiger partial charge in [0.1, 0.15) is 0 Å². The first-order chi connectivity index (χ1) is 13.0. The Balaban J connectivity index is 1.58. The molecule has 0 bridgehead atoms. The van der Waals surface area contributed by atoms with E-state index >= 15 is 0 Å². The standard InChI is InChI=1S/C18H15BrN2O4S2/c1-26-12-4-2-11(3-5-12)10-14-17(23)21(18(24)27-14)9-8-20-16(22)13-6-7-15(19)25-13/h2-7,10H,8-9H2,1H3,(H,20,22)/b14-10-. The molecule has 2 heterocycles. The van der Waals surface area contributed by atoms with E-state index in [9.17, 15) is 14.4 Å². The second-order valence-electron chi connectivity index (χ2n) is 5.47. The van der Waals surface area contributed by atoms with Crippen LogP contribution in [0.25, 0.3) is 6.08 Å². The van der Waals surface area contributed by atoms with E-state index in [-0.39, 0.29) is 30.0 Å². The maximum Gasteiger partial charge on any atom is 0.293 e. The number of nitrogens with one attached hydrogen (secondary N) is 1. The molecule has 1 aliphatic heterocycles. The Labute approximate surface area is 172 Å². The monoisotopic (exact) mass is 466 g/mol. The van der Waals surface area contributed by atoms with Crippen LogP contribution >= 0.6 is 39.5 Å². The lowest BCUT2D eigenvalue weighted by Crippen LogP contribution is -2.37. The zero-order valence-corrected chi connectivity index (χ0v) is 17.4. The lowest BCUT2D eigenvalue weighted by Gasteiger charge is -2.12. The van der Waals surface area contributed by atoms with E-state index in [1.54, 1.807) is 23.9 Å². The number of thioether (sulfide) groups is 2. The molecule has 1 aromatic carbocycles. The second-order valence-corrected chi connectivity index (χ2v) is 8.12. The summed E-state index contributed by atoms with van der Waals surface area (Å²) in [5, 5.41) is 2.28. The maximum absolute atomic E-state index is 12.5. The molecule has 2 aromatic rings. The number of carbonyl (C=O) groups excluding carboxylic acids is 3. The molecule has 0 aliphatic carbocycles. The van der Waals surface area contributed by atoms with Gasteiger partial charge in [-0.15, -0.1) is 11.8 Å². The van der Waals surface area contributed by atoms with E-state index in [4.69, 9.17) is 4.42 Å². The van der Waals surface area contributed by atoms with Crippen LogP contribution in [0.4, 0.5) is 4.79 Å². The molecule has 0 atom stereocenters. The van der Waals surface area contributed by atoms with Crippen molar-refractivity contribution in [3.63, 3.8) is 0 Å². The minimum atomic E-state index is -0.405. The fraction of sp³-hybridized carbons (Fsp3) is 0.167. The molecular formula is C18H15BrN2O4S2. The zero-order chi connectivity index (χ0) is 19.4. The minimum Gasteiger partial charge on any atom is -0.444 e. The summed E-state index contributed by atoms with van der Waals surface area (Å²) in [6.45, 7) is 0.242. The van der Waals surface area contributed by atoms with Crippen molar-refractivity contribution in [1.82, 2.24) is 10.2 Å². The van der Waals surface area contributed by atoms with Gasteiger partial charge in [0.05, 0.1) is 4.91 Å². The van der Waals surface area contributed by atoms with Gasteiger partial charge in [-0.2, -0.15) is 0 Å². The van der Waals surface area contributed by atoms with Gasteiger partial charge in [0.2, 0.25) is 0 Å². The predicted octanol–water partition coefficient (Wildman–Crippen LogP) is 4.23. The molecule has 140 valence electrons. The van der Waals surface area contributed by atoms with Crippen molar-refractivity contribution in [2.24, 2.45) is 0 Å². The van der Waals surface area contributed by atoms with E-state index in [0.29, 0.717) is 9.57 Å². The molecule has 9 heteroatoms. The number of halogens is 1. The van der Waals surface area contributed by atoms with Crippen LogP contribution in [0.15, 0.2) is 55.3 Å². The Hall–Kier alpha value is -1.97. The number of amides is 3. The van der Waals surface area contributed by atoms with Crippen LogP contribution in [-0.4, -0.2) is 41.3 Å². The molecule has 0 radical (unpaired) electrons. The van der Waals surface area contributed by atoms with E-state index in [2.05, 4.69) is 21.2 Å². The van der Waals surface area contributed by atoms with Gasteiger partial charge in [0, 0.05) is 18.0 Å². The van der Waals surface area contributed by atoms with Crippen molar-refractivity contribution in [3.05, 3.63) is 57.3 Å². The molecule has 27 heavy (non-hydrogen) atoms. The van der Waals surface area contributed by atoms with Gasteiger partial charge in [0.15, 0.2) is 10.4 Å². The highest BCUT2D eigenvalue weighted by Gasteiger charge is 2.34. The second kappa shape index (κ2) is 8.81. The molecule has 3 amide bonds. The molecule has 0 unspecified atom stereocenters. The highest BCUT2D eigenvalue weighted by Crippen LogP contribution is 2.32. The summed E-state index contributed by atoms with van der Waals surface area (Å²) >= 11 is 5.66. The number of nitrogens with zero attached hydrogens (tertiary/aromatic N) is 1. The number of rotatable bonds is 6. The van der Waals surface area contributed by atoms with Crippen LogP contribution in [0.2, 0.25) is 0 Å². The van der Waals surface area contributed by atoms with Gasteiger partial charge in [-0.1, -0.05) is 12.1 Å². The van der Waals surface area contributed by atoms with E-state index in [1.165, 1.54) is 6.07 Å². The van der Waals surface area contributed by atoms with Crippen LogP contribution in [0, 0.1) is 0 Å². The molecule has 1 N–H and O–H groups in total. The third-order valence-corrected chi connectivity index (χ3v) is 5.78. The van der Waals surface area contributed by atoms with Crippen LogP contribution in [0.3, 0.4) is 0 Å². The summed E-state index contributed by atoms with van der Waals surface area (Å²) < 4.78 is 5.61. The topological polar surface area (TPSA) is 79.6 Å². The largest absolute Gasteiger partial charge is 0.444 e. The number of hydrogen-bond acceptors (Lipinski definition) is 6. The summed E-state index contributed by atoms with van der Waals surface area (Å²) in [4.78, 5) is 39.1. The molecule has 0 saturated carbocycles. The first kappa shape index (κ1) is 19.8. The molecule has 1 saturated heterocycles. The average Bonchev–Trinajstić information content (AvgIpc) is 3.21. The normalized spacial score (nSPS) is 15.6. The first-order valence-electron chi connectivity index (χ1n) is 7.91. The lowest BCUT2D eigenvalue weighted by molar-refractivity contribution is -0.122. The molecule has 1 aliphatic rings. The molecular weight excluding hydrogens is 452 g/mol. The maximum atomic E-state index is 12.5. The third kappa shape index (κ3) is 4.85. The van der Waals surface area contributed by atoms with Crippen LogP contribution in [0.1, 0.15) is 16.1 Å². The highest BCUT2D eigenvalue weighted by molar-refractivity contribution is 9.10.